The Bertz CT molecular complexity index is 841. The molecule has 8 nitrogen and oxygen atoms in total. The van der Waals surface area contributed by atoms with Crippen molar-refractivity contribution in [3.05, 3.63) is 59.7 Å². The van der Waals surface area contributed by atoms with E-state index in [-0.39, 0.29) is 13.2 Å². The summed E-state index contributed by atoms with van der Waals surface area (Å²) in [6.07, 6.45) is -2.24. The van der Waals surface area contributed by atoms with E-state index in [0.717, 1.165) is 5.56 Å². The van der Waals surface area contributed by atoms with Crippen molar-refractivity contribution in [2.24, 2.45) is 0 Å². The van der Waals surface area contributed by atoms with Crippen LogP contribution in [0.1, 0.15) is 38.0 Å². The second-order valence-corrected chi connectivity index (χ2v) is 6.45. The van der Waals surface area contributed by atoms with Gasteiger partial charge in [0.25, 0.3) is 0 Å². The molecule has 2 aromatic rings. The average Bonchev–Trinajstić information content (AvgIpc) is 2.78. The fourth-order valence-corrected chi connectivity index (χ4v) is 2.83. The third-order valence-corrected chi connectivity index (χ3v) is 4.25. The molecule has 2 aromatic carbocycles. The summed E-state index contributed by atoms with van der Waals surface area (Å²) in [6.45, 7) is 6.27. The van der Waals surface area contributed by atoms with Gasteiger partial charge in [-0.15, -0.1) is 0 Å². The second-order valence-electron chi connectivity index (χ2n) is 6.45. The Labute approximate surface area is 182 Å². The Balaban J connectivity index is 2.17. The lowest BCUT2D eigenvalue weighted by Gasteiger charge is -2.23. The molecule has 0 aliphatic heterocycles. The molecule has 1 amide bonds. The van der Waals surface area contributed by atoms with Gasteiger partial charge in [0, 0.05) is 0 Å². The van der Waals surface area contributed by atoms with E-state index in [1.165, 1.54) is 0 Å². The van der Waals surface area contributed by atoms with Gasteiger partial charge in [-0.2, -0.15) is 0 Å². The molecule has 0 saturated heterocycles. The maximum atomic E-state index is 12.4. The van der Waals surface area contributed by atoms with E-state index >= 15 is 0 Å². The minimum absolute atomic E-state index is 0.0237. The Morgan fingerprint density at radius 3 is 2.23 bits per heavy atom. The molecule has 168 valence electrons. The summed E-state index contributed by atoms with van der Waals surface area (Å²) in [7, 11) is 0. The molecule has 31 heavy (non-hydrogen) atoms. The molecule has 0 radical (unpaired) electrons. The molecule has 2 N–H and O–H groups in total. The zero-order chi connectivity index (χ0) is 22.6. The molecule has 0 aliphatic rings. The zero-order valence-corrected chi connectivity index (χ0v) is 18.0. The number of carbonyl (C=O) groups excluding carboxylic acids is 2. The maximum absolute atomic E-state index is 12.4. The molecule has 0 saturated carbocycles. The molecular weight excluding hydrogens is 402 g/mol. The number of hydrogen-bond donors (Lipinski definition) is 2. The van der Waals surface area contributed by atoms with Crippen LogP contribution in [0, 0.1) is 0 Å². The van der Waals surface area contributed by atoms with Crippen LogP contribution < -0.4 is 14.8 Å². The molecule has 0 bridgehead atoms. The molecule has 0 fully saturated rings. The van der Waals surface area contributed by atoms with Crippen molar-refractivity contribution in [2.45, 2.75) is 39.5 Å². The van der Waals surface area contributed by atoms with Crippen LogP contribution in [0.15, 0.2) is 48.5 Å². The van der Waals surface area contributed by atoms with Crippen molar-refractivity contribution in [3.63, 3.8) is 0 Å². The van der Waals surface area contributed by atoms with Crippen molar-refractivity contribution < 1.29 is 33.6 Å². The van der Waals surface area contributed by atoms with E-state index in [4.69, 9.17) is 18.9 Å². The molecule has 0 aromatic heterocycles. The van der Waals surface area contributed by atoms with Gasteiger partial charge >= 0.3 is 12.1 Å². The fraction of sp³-hybridized carbons (Fsp3) is 0.391. The van der Waals surface area contributed by atoms with Gasteiger partial charge in [0.15, 0.2) is 17.5 Å². The molecule has 2 rings (SSSR count). The number of aliphatic hydroxyl groups excluding tert-OH is 1. The number of esters is 1. The monoisotopic (exact) mass is 431 g/mol. The van der Waals surface area contributed by atoms with Gasteiger partial charge in [-0.25, -0.2) is 9.59 Å². The minimum atomic E-state index is -1.39. The third kappa shape index (κ3) is 7.18. The fourth-order valence-electron chi connectivity index (χ4n) is 2.83. The topological polar surface area (TPSA) is 103 Å². The van der Waals surface area contributed by atoms with Crippen LogP contribution >= 0.6 is 0 Å². The van der Waals surface area contributed by atoms with Gasteiger partial charge in [-0.05, 0) is 44.0 Å². The molecular formula is C23H29NO7. The van der Waals surface area contributed by atoms with Crippen molar-refractivity contribution >= 4 is 12.1 Å². The molecule has 0 aliphatic carbocycles. The predicted molar refractivity (Wildman–Crippen MR) is 114 cm³/mol. The molecule has 0 heterocycles. The average molecular weight is 431 g/mol. The quantitative estimate of drug-likeness (QED) is 0.526. The Morgan fingerprint density at radius 1 is 0.903 bits per heavy atom. The number of carbonyl (C=O) groups is 2. The van der Waals surface area contributed by atoms with E-state index in [1.807, 2.05) is 32.0 Å². The first-order valence-electron chi connectivity index (χ1n) is 10.2. The summed E-state index contributed by atoms with van der Waals surface area (Å²) in [6, 6.07) is 12.6. The number of alkyl carbamates (subject to hydrolysis) is 1. The number of hydrogen-bond acceptors (Lipinski definition) is 7. The number of amides is 1. The number of nitrogens with one attached hydrogen (secondary N) is 1. The SMILES string of the molecule is CCOC(=O)[C@@H](NC(=O)OCc1ccccc1)[C@H](O)c1ccc(OCC)c(OCC)c1. The smallest absolute Gasteiger partial charge is 0.408 e. The number of benzene rings is 2. The van der Waals surface area contributed by atoms with E-state index in [9.17, 15) is 14.7 Å². The van der Waals surface area contributed by atoms with Gasteiger partial charge in [-0.3, -0.25) is 0 Å². The Kier molecular flexibility index (Phi) is 9.64. The van der Waals surface area contributed by atoms with Gasteiger partial charge in [0.05, 0.1) is 19.8 Å². The maximum Gasteiger partial charge on any atom is 0.408 e. The molecule has 2 atom stereocenters. The summed E-state index contributed by atoms with van der Waals surface area (Å²) < 4.78 is 21.3. The van der Waals surface area contributed by atoms with Crippen LogP contribution in [-0.4, -0.2) is 43.0 Å². The van der Waals surface area contributed by atoms with Crippen LogP contribution in [0.3, 0.4) is 0 Å². The van der Waals surface area contributed by atoms with Crippen LogP contribution in [0.2, 0.25) is 0 Å². The van der Waals surface area contributed by atoms with Gasteiger partial charge in [0.1, 0.15) is 12.7 Å². The number of rotatable bonds is 11. The van der Waals surface area contributed by atoms with E-state index < -0.39 is 24.2 Å². The van der Waals surface area contributed by atoms with Gasteiger partial charge in [0.2, 0.25) is 0 Å². The number of ether oxygens (including phenoxy) is 4. The second kappa shape index (κ2) is 12.4. The van der Waals surface area contributed by atoms with Crippen LogP contribution in [0.25, 0.3) is 0 Å². The Morgan fingerprint density at radius 2 is 1.58 bits per heavy atom. The zero-order valence-electron chi connectivity index (χ0n) is 18.0. The third-order valence-electron chi connectivity index (χ3n) is 4.25. The summed E-state index contributed by atoms with van der Waals surface area (Å²) >= 11 is 0. The standard InChI is InChI=1S/C23H29NO7/c1-4-28-18-13-12-17(14-19(18)29-5-2)21(25)20(22(26)30-6-3)24-23(27)31-15-16-10-8-7-9-11-16/h7-14,20-21,25H,4-6,15H2,1-3H3,(H,24,27)/t20-,21+/m0/s1. The van der Waals surface area contributed by atoms with Crippen molar-refractivity contribution in [3.8, 4) is 11.5 Å². The first kappa shape index (κ1) is 24.0. The molecule has 0 spiro atoms. The minimum Gasteiger partial charge on any atom is -0.490 e. The van der Waals surface area contributed by atoms with Crippen molar-refractivity contribution in [2.75, 3.05) is 19.8 Å². The van der Waals surface area contributed by atoms with Crippen molar-refractivity contribution in [1.29, 1.82) is 0 Å². The highest BCUT2D eigenvalue weighted by Gasteiger charge is 2.32. The summed E-state index contributed by atoms with van der Waals surface area (Å²) in [4.78, 5) is 24.7. The molecule has 0 unspecified atom stereocenters. The highest BCUT2D eigenvalue weighted by Crippen LogP contribution is 2.32. The highest BCUT2D eigenvalue weighted by molar-refractivity contribution is 5.82. The first-order chi connectivity index (χ1) is 15.0. The van der Waals surface area contributed by atoms with Crippen LogP contribution in [0.4, 0.5) is 4.79 Å². The lowest BCUT2D eigenvalue weighted by atomic mass is 10.0. The summed E-state index contributed by atoms with van der Waals surface area (Å²) in [5, 5.41) is 13.3. The lowest BCUT2D eigenvalue weighted by Crippen LogP contribution is -2.46. The Hall–Kier alpha value is -3.26. The summed E-state index contributed by atoms with van der Waals surface area (Å²) in [5.41, 5.74) is 1.15. The molecule has 8 heteroatoms. The normalized spacial score (nSPS) is 12.4. The van der Waals surface area contributed by atoms with E-state index in [1.54, 1.807) is 37.3 Å². The first-order valence-corrected chi connectivity index (χ1v) is 10.2. The van der Waals surface area contributed by atoms with E-state index in [0.29, 0.717) is 30.3 Å². The van der Waals surface area contributed by atoms with Crippen LogP contribution in [0.5, 0.6) is 11.5 Å². The van der Waals surface area contributed by atoms with Crippen LogP contribution in [-0.2, 0) is 20.9 Å². The highest BCUT2D eigenvalue weighted by atomic mass is 16.6. The van der Waals surface area contributed by atoms with Gasteiger partial charge < -0.3 is 29.4 Å². The van der Waals surface area contributed by atoms with E-state index in [2.05, 4.69) is 5.32 Å². The van der Waals surface area contributed by atoms with Crippen molar-refractivity contribution in [1.82, 2.24) is 5.32 Å². The van der Waals surface area contributed by atoms with Gasteiger partial charge in [-0.1, -0.05) is 36.4 Å². The summed E-state index contributed by atoms with van der Waals surface area (Å²) in [5.74, 6) is 0.164. The lowest BCUT2D eigenvalue weighted by molar-refractivity contribution is -0.148. The number of aliphatic hydroxyl groups is 1. The largest absolute Gasteiger partial charge is 0.490 e. The predicted octanol–water partition coefficient (Wildman–Crippen LogP) is 3.38.